The van der Waals surface area contributed by atoms with Crippen LogP contribution < -0.4 is 4.74 Å². The van der Waals surface area contributed by atoms with Crippen LogP contribution in [0.25, 0.3) is 0 Å². The second kappa shape index (κ2) is 4.69. The number of hydrogen-bond acceptors (Lipinski definition) is 3. The Morgan fingerprint density at radius 1 is 1.40 bits per heavy atom. The molecule has 1 rings (SSSR count). The van der Waals surface area contributed by atoms with Crippen molar-refractivity contribution in [3.8, 4) is 11.9 Å². The predicted octanol–water partition coefficient (Wildman–Crippen LogP) is 3.36. The van der Waals surface area contributed by atoms with Crippen LogP contribution in [0.5, 0.6) is 5.88 Å². The molecule has 80 valence electrons. The summed E-state index contributed by atoms with van der Waals surface area (Å²) in [4.78, 5) is 3.93. The van der Waals surface area contributed by atoms with Crippen molar-refractivity contribution in [1.82, 2.24) is 4.98 Å². The lowest BCUT2D eigenvalue weighted by Gasteiger charge is -2.12. The Hall–Kier alpha value is -0.980. The highest BCUT2D eigenvalue weighted by molar-refractivity contribution is 6.34. The van der Waals surface area contributed by atoms with Gasteiger partial charge < -0.3 is 4.74 Å². The number of hydrogen-bond donors (Lipinski definition) is 0. The molecule has 0 aliphatic heterocycles. The van der Waals surface area contributed by atoms with E-state index in [9.17, 15) is 0 Å². The van der Waals surface area contributed by atoms with Gasteiger partial charge in [-0.25, -0.2) is 0 Å². The second-order valence-electron chi connectivity index (χ2n) is 3.30. The van der Waals surface area contributed by atoms with Gasteiger partial charge in [-0.1, -0.05) is 23.2 Å². The highest BCUT2D eigenvalue weighted by atomic mass is 35.5. The number of nitriles is 1. The van der Waals surface area contributed by atoms with E-state index in [4.69, 9.17) is 33.2 Å². The van der Waals surface area contributed by atoms with E-state index in [1.807, 2.05) is 19.9 Å². The summed E-state index contributed by atoms with van der Waals surface area (Å²) in [6.07, 6.45) is -0.0431. The molecule has 0 amide bonds. The summed E-state index contributed by atoms with van der Waals surface area (Å²) >= 11 is 11.8. The molecule has 0 spiro atoms. The molecule has 0 atom stereocenters. The summed E-state index contributed by atoms with van der Waals surface area (Å²) < 4.78 is 5.37. The summed E-state index contributed by atoms with van der Waals surface area (Å²) in [5.41, 5.74) is 0.882. The largest absolute Gasteiger partial charge is 0.474 e. The quantitative estimate of drug-likeness (QED) is 0.750. The summed E-state index contributed by atoms with van der Waals surface area (Å²) in [5.74, 6) is 0.271. The number of aromatic nitrogens is 1. The molecule has 0 aromatic carbocycles. The first-order chi connectivity index (χ1) is 6.97. The lowest BCUT2D eigenvalue weighted by Crippen LogP contribution is -2.08. The van der Waals surface area contributed by atoms with Crippen LogP contribution in [0.15, 0.2) is 0 Å². The van der Waals surface area contributed by atoms with E-state index in [-0.39, 0.29) is 22.7 Å². The Morgan fingerprint density at radius 3 is 2.47 bits per heavy atom. The summed E-state index contributed by atoms with van der Waals surface area (Å²) in [6.45, 7) is 5.43. The van der Waals surface area contributed by atoms with Crippen molar-refractivity contribution < 1.29 is 4.74 Å². The Bertz CT molecular complexity index is 424. The fraction of sp³-hybridized carbons (Fsp3) is 0.400. The van der Waals surface area contributed by atoms with E-state index < -0.39 is 0 Å². The molecule has 0 aliphatic rings. The van der Waals surface area contributed by atoms with Crippen LogP contribution in [-0.2, 0) is 0 Å². The Morgan fingerprint density at radius 2 is 2.00 bits per heavy atom. The van der Waals surface area contributed by atoms with Crippen LogP contribution in [0.1, 0.15) is 25.0 Å². The van der Waals surface area contributed by atoms with Crippen molar-refractivity contribution >= 4 is 23.2 Å². The molecule has 0 radical (unpaired) electrons. The first-order valence-electron chi connectivity index (χ1n) is 4.39. The van der Waals surface area contributed by atoms with Crippen molar-refractivity contribution in [3.05, 3.63) is 21.3 Å². The lowest BCUT2D eigenvalue weighted by molar-refractivity contribution is 0.232. The van der Waals surface area contributed by atoms with E-state index in [1.54, 1.807) is 6.92 Å². The van der Waals surface area contributed by atoms with Crippen LogP contribution in [0.3, 0.4) is 0 Å². The third kappa shape index (κ3) is 2.53. The smallest absolute Gasteiger partial charge is 0.234 e. The van der Waals surface area contributed by atoms with Crippen LogP contribution in [0, 0.1) is 18.3 Å². The van der Waals surface area contributed by atoms with Crippen molar-refractivity contribution in [2.75, 3.05) is 0 Å². The molecule has 0 unspecified atom stereocenters. The number of ether oxygens (including phenoxy) is 1. The van der Waals surface area contributed by atoms with Gasteiger partial charge in [-0.2, -0.15) is 10.2 Å². The molecule has 0 N–H and O–H groups in total. The molecular weight excluding hydrogens is 235 g/mol. The van der Waals surface area contributed by atoms with Gasteiger partial charge in [-0.15, -0.1) is 0 Å². The third-order valence-corrected chi connectivity index (χ3v) is 2.48. The molecule has 1 aromatic heterocycles. The van der Waals surface area contributed by atoms with Crippen LogP contribution >= 0.6 is 23.2 Å². The van der Waals surface area contributed by atoms with Gasteiger partial charge in [0.1, 0.15) is 11.1 Å². The number of pyridine rings is 1. The molecule has 0 fully saturated rings. The van der Waals surface area contributed by atoms with Gasteiger partial charge in [-0.3, -0.25) is 0 Å². The number of halogens is 2. The maximum atomic E-state index is 8.82. The van der Waals surface area contributed by atoms with Gasteiger partial charge in [0.15, 0.2) is 5.15 Å². The molecule has 0 saturated carbocycles. The van der Waals surface area contributed by atoms with Crippen molar-refractivity contribution in [2.24, 2.45) is 0 Å². The lowest BCUT2D eigenvalue weighted by atomic mass is 10.2. The van der Waals surface area contributed by atoms with Crippen molar-refractivity contribution in [3.63, 3.8) is 0 Å². The molecule has 5 heteroatoms. The zero-order valence-corrected chi connectivity index (χ0v) is 10.1. The fourth-order valence-electron chi connectivity index (χ4n) is 1.05. The van der Waals surface area contributed by atoms with Crippen LogP contribution in [0.4, 0.5) is 0 Å². The number of rotatable bonds is 2. The standard InChI is InChI=1S/C10H10Cl2N2O/c1-5(2)15-10-8(11)6(3)7(4-13)9(12)14-10/h5H,1-3H3. The highest BCUT2D eigenvalue weighted by Gasteiger charge is 2.16. The van der Waals surface area contributed by atoms with Crippen LogP contribution in [0.2, 0.25) is 10.2 Å². The minimum absolute atomic E-state index is 0.0431. The van der Waals surface area contributed by atoms with E-state index in [0.717, 1.165) is 0 Å². The van der Waals surface area contributed by atoms with Gasteiger partial charge in [0.25, 0.3) is 0 Å². The minimum atomic E-state index is -0.0431. The maximum absolute atomic E-state index is 8.82. The van der Waals surface area contributed by atoms with Gasteiger partial charge in [0.05, 0.1) is 11.7 Å². The van der Waals surface area contributed by atoms with Gasteiger partial charge >= 0.3 is 0 Å². The van der Waals surface area contributed by atoms with E-state index in [1.165, 1.54) is 0 Å². The Labute approximate surface area is 98.6 Å². The first-order valence-corrected chi connectivity index (χ1v) is 5.15. The molecule has 0 saturated heterocycles. The Kier molecular flexibility index (Phi) is 3.78. The first kappa shape index (κ1) is 12.1. The zero-order chi connectivity index (χ0) is 11.6. The monoisotopic (exact) mass is 244 g/mol. The van der Waals surface area contributed by atoms with Gasteiger partial charge in [-0.05, 0) is 26.3 Å². The summed E-state index contributed by atoms with van der Waals surface area (Å²) in [7, 11) is 0. The zero-order valence-electron chi connectivity index (χ0n) is 8.64. The number of nitrogens with zero attached hydrogens (tertiary/aromatic N) is 2. The Balaban J connectivity index is 3.29. The highest BCUT2D eigenvalue weighted by Crippen LogP contribution is 2.32. The SMILES string of the molecule is Cc1c(Cl)c(OC(C)C)nc(Cl)c1C#N. The van der Waals surface area contributed by atoms with E-state index in [0.29, 0.717) is 10.6 Å². The van der Waals surface area contributed by atoms with E-state index >= 15 is 0 Å². The van der Waals surface area contributed by atoms with Crippen molar-refractivity contribution in [1.29, 1.82) is 5.26 Å². The molecule has 15 heavy (non-hydrogen) atoms. The maximum Gasteiger partial charge on any atom is 0.234 e. The van der Waals surface area contributed by atoms with Crippen LogP contribution in [-0.4, -0.2) is 11.1 Å². The third-order valence-electron chi connectivity index (χ3n) is 1.76. The second-order valence-corrected chi connectivity index (χ2v) is 4.04. The summed E-state index contributed by atoms with van der Waals surface area (Å²) in [6, 6.07) is 1.95. The molecular formula is C10H10Cl2N2O. The van der Waals surface area contributed by atoms with E-state index in [2.05, 4.69) is 4.98 Å². The molecule has 3 nitrogen and oxygen atoms in total. The van der Waals surface area contributed by atoms with Gasteiger partial charge in [0, 0.05) is 0 Å². The summed E-state index contributed by atoms with van der Waals surface area (Å²) in [5, 5.41) is 9.28. The predicted molar refractivity (Wildman–Crippen MR) is 59.5 cm³/mol. The molecule has 0 aliphatic carbocycles. The van der Waals surface area contributed by atoms with Crippen molar-refractivity contribution in [2.45, 2.75) is 26.9 Å². The normalized spacial score (nSPS) is 10.2. The molecule has 1 heterocycles. The topological polar surface area (TPSA) is 45.9 Å². The molecule has 0 bridgehead atoms. The van der Waals surface area contributed by atoms with Gasteiger partial charge in [0.2, 0.25) is 5.88 Å². The fourth-order valence-corrected chi connectivity index (χ4v) is 1.49. The average Bonchev–Trinajstić information content (AvgIpc) is 2.14. The molecule has 1 aromatic rings. The average molecular weight is 245 g/mol. The minimum Gasteiger partial charge on any atom is -0.474 e.